The van der Waals surface area contributed by atoms with Gasteiger partial charge in [0, 0.05) is 23.2 Å². The maximum absolute atomic E-state index is 12.8. The van der Waals surface area contributed by atoms with E-state index in [0.717, 1.165) is 6.20 Å². The topological polar surface area (TPSA) is 143 Å². The molecular formula is C25H21N3O8. The number of nitro groups is 1. The Bertz CT molecular complexity index is 1460. The largest absolute Gasteiger partial charge is 0.491 e. The Balaban J connectivity index is 1.85. The number of aromatic carboxylic acids is 1. The number of hydrogen-bond acceptors (Lipinski definition) is 8. The molecule has 11 nitrogen and oxygen atoms in total. The van der Waals surface area contributed by atoms with Crippen LogP contribution in [0.15, 0.2) is 60.8 Å². The Labute approximate surface area is 204 Å². The van der Waals surface area contributed by atoms with Gasteiger partial charge < -0.3 is 23.9 Å². The SMILES string of the molecule is COC(=O)c1c(C(=O)O)c2cc(Oc3ccc([N+](=O)[O-])cn3)ccc2n1-c1ccc(OC(C)C)cc1. The van der Waals surface area contributed by atoms with Crippen LogP contribution < -0.4 is 9.47 Å². The first kappa shape index (κ1) is 24.2. The highest BCUT2D eigenvalue weighted by Gasteiger charge is 2.29. The molecule has 11 heteroatoms. The van der Waals surface area contributed by atoms with E-state index in [9.17, 15) is 24.8 Å². The molecule has 0 aliphatic rings. The van der Waals surface area contributed by atoms with Gasteiger partial charge in [-0.05, 0) is 56.3 Å². The van der Waals surface area contributed by atoms with Gasteiger partial charge in [0.2, 0.25) is 5.88 Å². The summed E-state index contributed by atoms with van der Waals surface area (Å²) in [6.07, 6.45) is 1.02. The fraction of sp³-hybridized carbons (Fsp3) is 0.160. The van der Waals surface area contributed by atoms with Crippen LogP contribution in [0.1, 0.15) is 34.7 Å². The molecule has 4 aromatic rings. The summed E-state index contributed by atoms with van der Waals surface area (Å²) in [7, 11) is 1.17. The number of nitrogens with zero attached hydrogens (tertiary/aromatic N) is 3. The van der Waals surface area contributed by atoms with Crippen LogP contribution in [0.3, 0.4) is 0 Å². The highest BCUT2D eigenvalue weighted by molar-refractivity contribution is 6.13. The van der Waals surface area contributed by atoms with Gasteiger partial charge in [-0.3, -0.25) is 10.1 Å². The molecule has 0 amide bonds. The fourth-order valence-corrected chi connectivity index (χ4v) is 3.72. The van der Waals surface area contributed by atoms with Crippen LogP contribution in [-0.2, 0) is 4.74 Å². The number of rotatable bonds is 8. The van der Waals surface area contributed by atoms with E-state index in [1.165, 1.54) is 29.9 Å². The van der Waals surface area contributed by atoms with Crippen LogP contribution in [0, 0.1) is 10.1 Å². The number of carbonyl (C=O) groups is 2. The van der Waals surface area contributed by atoms with E-state index in [1.54, 1.807) is 36.4 Å². The van der Waals surface area contributed by atoms with Crippen molar-refractivity contribution in [2.24, 2.45) is 0 Å². The van der Waals surface area contributed by atoms with E-state index < -0.39 is 16.9 Å². The van der Waals surface area contributed by atoms with Crippen LogP contribution >= 0.6 is 0 Å². The number of methoxy groups -OCH3 is 1. The normalized spacial score (nSPS) is 10.9. The second-order valence-corrected chi connectivity index (χ2v) is 7.91. The molecule has 2 heterocycles. The van der Waals surface area contributed by atoms with E-state index in [-0.39, 0.29) is 40.1 Å². The molecule has 4 rings (SSSR count). The van der Waals surface area contributed by atoms with Gasteiger partial charge >= 0.3 is 11.9 Å². The number of hydrogen-bond donors (Lipinski definition) is 1. The molecule has 184 valence electrons. The summed E-state index contributed by atoms with van der Waals surface area (Å²) in [4.78, 5) is 39.2. The third-order valence-corrected chi connectivity index (χ3v) is 5.15. The van der Waals surface area contributed by atoms with E-state index in [2.05, 4.69) is 4.98 Å². The quantitative estimate of drug-likeness (QED) is 0.205. The van der Waals surface area contributed by atoms with Crippen molar-refractivity contribution in [3.05, 3.63) is 82.2 Å². The third kappa shape index (κ3) is 4.67. The molecular weight excluding hydrogens is 470 g/mol. The maximum atomic E-state index is 12.8. The van der Waals surface area contributed by atoms with E-state index in [4.69, 9.17) is 14.2 Å². The first-order valence-electron chi connectivity index (χ1n) is 10.7. The van der Waals surface area contributed by atoms with Crippen LogP contribution in [0.5, 0.6) is 17.4 Å². The summed E-state index contributed by atoms with van der Waals surface area (Å²) in [5, 5.41) is 21.1. The van der Waals surface area contributed by atoms with E-state index in [1.807, 2.05) is 13.8 Å². The zero-order valence-electron chi connectivity index (χ0n) is 19.5. The molecule has 0 aliphatic heterocycles. The highest BCUT2D eigenvalue weighted by atomic mass is 16.6. The molecule has 0 aliphatic carbocycles. The zero-order valence-corrected chi connectivity index (χ0v) is 19.5. The molecule has 0 bridgehead atoms. The number of esters is 1. The van der Waals surface area contributed by atoms with E-state index >= 15 is 0 Å². The van der Waals surface area contributed by atoms with Crippen molar-refractivity contribution in [1.29, 1.82) is 0 Å². The fourth-order valence-electron chi connectivity index (χ4n) is 3.72. The molecule has 36 heavy (non-hydrogen) atoms. The Kier molecular flexibility index (Phi) is 6.55. The molecule has 0 saturated carbocycles. The number of carboxylic acid groups (broad SMARTS) is 1. The number of ether oxygens (including phenoxy) is 3. The molecule has 2 aromatic heterocycles. The highest BCUT2D eigenvalue weighted by Crippen LogP contribution is 2.34. The Hall–Kier alpha value is -4.93. The van der Waals surface area contributed by atoms with Crippen molar-refractivity contribution < 1.29 is 33.8 Å². The van der Waals surface area contributed by atoms with Gasteiger partial charge in [0.25, 0.3) is 5.69 Å². The lowest BCUT2D eigenvalue weighted by atomic mass is 10.1. The molecule has 0 fully saturated rings. The van der Waals surface area contributed by atoms with Crippen LogP contribution in [0.2, 0.25) is 0 Å². The summed E-state index contributed by atoms with van der Waals surface area (Å²) >= 11 is 0. The smallest absolute Gasteiger partial charge is 0.355 e. The number of aromatic nitrogens is 2. The molecule has 0 spiro atoms. The summed E-state index contributed by atoms with van der Waals surface area (Å²) in [5.74, 6) is -1.24. The van der Waals surface area contributed by atoms with Crippen molar-refractivity contribution in [2.45, 2.75) is 20.0 Å². The second kappa shape index (κ2) is 9.74. The summed E-state index contributed by atoms with van der Waals surface area (Å²) in [6, 6.07) is 14.1. The lowest BCUT2D eigenvalue weighted by molar-refractivity contribution is -0.385. The minimum Gasteiger partial charge on any atom is -0.491 e. The number of carboxylic acids is 1. The Morgan fingerprint density at radius 3 is 2.31 bits per heavy atom. The zero-order chi connectivity index (χ0) is 26.0. The predicted molar refractivity (Wildman–Crippen MR) is 128 cm³/mol. The van der Waals surface area contributed by atoms with Crippen molar-refractivity contribution in [1.82, 2.24) is 9.55 Å². The molecule has 0 radical (unpaired) electrons. The van der Waals surface area contributed by atoms with Crippen molar-refractivity contribution in [3.8, 4) is 23.1 Å². The van der Waals surface area contributed by atoms with Gasteiger partial charge in [-0.15, -0.1) is 0 Å². The molecule has 0 saturated heterocycles. The van der Waals surface area contributed by atoms with Gasteiger partial charge in [0.15, 0.2) is 0 Å². The van der Waals surface area contributed by atoms with Crippen LogP contribution in [0.4, 0.5) is 5.69 Å². The molecule has 2 aromatic carbocycles. The number of pyridine rings is 1. The van der Waals surface area contributed by atoms with Gasteiger partial charge in [-0.25, -0.2) is 14.6 Å². The Morgan fingerprint density at radius 2 is 1.75 bits per heavy atom. The minimum atomic E-state index is -1.33. The van der Waals surface area contributed by atoms with Gasteiger partial charge in [-0.1, -0.05) is 0 Å². The number of benzene rings is 2. The third-order valence-electron chi connectivity index (χ3n) is 5.15. The first-order valence-corrected chi connectivity index (χ1v) is 10.7. The molecule has 0 unspecified atom stereocenters. The van der Waals surface area contributed by atoms with Gasteiger partial charge in [0.1, 0.15) is 29.0 Å². The maximum Gasteiger partial charge on any atom is 0.355 e. The average molecular weight is 491 g/mol. The summed E-state index contributed by atoms with van der Waals surface area (Å²) in [6.45, 7) is 3.79. The monoisotopic (exact) mass is 491 g/mol. The average Bonchev–Trinajstić information content (AvgIpc) is 3.18. The standard InChI is InChI=1S/C25H21N3O8/c1-14(2)35-17-7-4-15(5-8-17)27-20-10-9-18(36-21-11-6-16(13-26-21)28(32)33)12-19(20)22(24(29)30)23(27)25(31)34-3/h4-14H,1-3H3,(H,29,30). The number of carbonyl (C=O) groups excluding carboxylic acids is 1. The van der Waals surface area contributed by atoms with Crippen molar-refractivity contribution in [3.63, 3.8) is 0 Å². The van der Waals surface area contributed by atoms with Crippen LogP contribution in [0.25, 0.3) is 16.6 Å². The van der Waals surface area contributed by atoms with Gasteiger partial charge in [0.05, 0.1) is 23.7 Å². The van der Waals surface area contributed by atoms with Gasteiger partial charge in [-0.2, -0.15) is 0 Å². The lowest BCUT2D eigenvalue weighted by Gasteiger charge is -2.13. The van der Waals surface area contributed by atoms with Crippen molar-refractivity contribution in [2.75, 3.05) is 7.11 Å². The number of fused-ring (bicyclic) bond motifs is 1. The van der Waals surface area contributed by atoms with Crippen LogP contribution in [-0.4, -0.2) is 44.7 Å². The Morgan fingerprint density at radius 1 is 1.06 bits per heavy atom. The molecule has 1 N–H and O–H groups in total. The minimum absolute atomic E-state index is 0.0313. The van der Waals surface area contributed by atoms with E-state index in [0.29, 0.717) is 17.0 Å². The lowest BCUT2D eigenvalue weighted by Crippen LogP contribution is -2.14. The summed E-state index contributed by atoms with van der Waals surface area (Å²) in [5.41, 5.74) is 0.323. The van der Waals surface area contributed by atoms with Crippen molar-refractivity contribution >= 4 is 28.5 Å². The predicted octanol–water partition coefficient (Wildman–Crippen LogP) is 5.00. The second-order valence-electron chi connectivity index (χ2n) is 7.91. The molecule has 0 atom stereocenters. The first-order chi connectivity index (χ1) is 17.2. The summed E-state index contributed by atoms with van der Waals surface area (Å²) < 4.78 is 17.8.